The Hall–Kier alpha value is -2.67. The van der Waals surface area contributed by atoms with E-state index in [-0.39, 0.29) is 0 Å². The molecule has 0 saturated heterocycles. The van der Waals surface area contributed by atoms with Crippen molar-refractivity contribution in [2.24, 2.45) is 0 Å². The van der Waals surface area contributed by atoms with Crippen molar-refractivity contribution >= 4 is 22.5 Å². The predicted molar refractivity (Wildman–Crippen MR) is 71.9 cm³/mol. The standard InChI is InChI=1S/C14H12N4/c1-18(13-7-4-8-16-13)14-11(9-15)10-5-2-3-6-12(10)17-14/h2-8,16-17H,1H3. The number of fused-ring (bicyclic) bond motifs is 1. The molecule has 0 atom stereocenters. The second-order valence-corrected chi connectivity index (χ2v) is 4.12. The average molecular weight is 236 g/mol. The van der Waals surface area contributed by atoms with Crippen molar-refractivity contribution in [3.05, 3.63) is 48.2 Å². The number of hydrogen-bond acceptors (Lipinski definition) is 2. The van der Waals surface area contributed by atoms with Crippen molar-refractivity contribution in [3.8, 4) is 6.07 Å². The van der Waals surface area contributed by atoms with Crippen LogP contribution in [0.3, 0.4) is 0 Å². The smallest absolute Gasteiger partial charge is 0.130 e. The van der Waals surface area contributed by atoms with Crippen LogP contribution in [0.2, 0.25) is 0 Å². The van der Waals surface area contributed by atoms with Crippen molar-refractivity contribution in [2.75, 3.05) is 11.9 Å². The first-order valence-electron chi connectivity index (χ1n) is 5.69. The van der Waals surface area contributed by atoms with Crippen LogP contribution >= 0.6 is 0 Å². The van der Waals surface area contributed by atoms with Gasteiger partial charge in [0.25, 0.3) is 0 Å². The van der Waals surface area contributed by atoms with Crippen molar-refractivity contribution in [3.63, 3.8) is 0 Å². The number of hydrogen-bond donors (Lipinski definition) is 2. The van der Waals surface area contributed by atoms with E-state index in [1.165, 1.54) is 0 Å². The minimum absolute atomic E-state index is 0.669. The van der Waals surface area contributed by atoms with E-state index < -0.39 is 0 Å². The van der Waals surface area contributed by atoms with Crippen LogP contribution in [0.25, 0.3) is 10.9 Å². The molecule has 4 nitrogen and oxygen atoms in total. The summed E-state index contributed by atoms with van der Waals surface area (Å²) in [5.41, 5.74) is 1.64. The lowest BCUT2D eigenvalue weighted by molar-refractivity contribution is 1.11. The first kappa shape index (κ1) is 10.5. The number of nitrogens with zero attached hydrogens (tertiary/aromatic N) is 2. The summed E-state index contributed by atoms with van der Waals surface area (Å²) in [6.07, 6.45) is 1.86. The number of aromatic nitrogens is 2. The van der Waals surface area contributed by atoms with Crippen LogP contribution in [-0.2, 0) is 0 Å². The summed E-state index contributed by atoms with van der Waals surface area (Å²) in [5.74, 6) is 1.75. The number of nitriles is 1. The number of aromatic amines is 2. The summed E-state index contributed by atoms with van der Waals surface area (Å²) >= 11 is 0. The first-order valence-corrected chi connectivity index (χ1v) is 5.69. The molecule has 18 heavy (non-hydrogen) atoms. The van der Waals surface area contributed by atoms with Gasteiger partial charge >= 0.3 is 0 Å². The van der Waals surface area contributed by atoms with Crippen molar-refractivity contribution < 1.29 is 0 Å². The number of rotatable bonds is 2. The van der Waals surface area contributed by atoms with Gasteiger partial charge in [0, 0.05) is 24.1 Å². The van der Waals surface area contributed by atoms with Crippen molar-refractivity contribution in [1.29, 1.82) is 5.26 Å². The maximum atomic E-state index is 9.34. The summed E-state index contributed by atoms with van der Waals surface area (Å²) in [6, 6.07) is 14.0. The zero-order chi connectivity index (χ0) is 12.5. The Morgan fingerprint density at radius 3 is 2.72 bits per heavy atom. The average Bonchev–Trinajstić information content (AvgIpc) is 3.04. The van der Waals surface area contributed by atoms with E-state index in [1.807, 2.05) is 54.5 Å². The van der Waals surface area contributed by atoms with Crippen LogP contribution in [0.1, 0.15) is 5.56 Å². The van der Waals surface area contributed by atoms with Gasteiger partial charge in [-0.15, -0.1) is 0 Å². The number of anilines is 2. The summed E-state index contributed by atoms with van der Waals surface area (Å²) in [6.45, 7) is 0. The Bertz CT molecular complexity index is 716. The molecule has 2 N–H and O–H groups in total. The first-order chi connectivity index (χ1) is 8.81. The fraction of sp³-hybridized carbons (Fsp3) is 0.0714. The van der Waals surface area contributed by atoms with Crippen LogP contribution in [0.4, 0.5) is 11.6 Å². The van der Waals surface area contributed by atoms with Crippen molar-refractivity contribution in [2.45, 2.75) is 0 Å². The molecule has 0 spiro atoms. The van der Waals surface area contributed by atoms with Gasteiger partial charge in [-0.1, -0.05) is 18.2 Å². The molecule has 88 valence electrons. The van der Waals surface area contributed by atoms with Gasteiger partial charge in [-0.05, 0) is 18.2 Å². The fourth-order valence-electron chi connectivity index (χ4n) is 2.14. The van der Waals surface area contributed by atoms with Gasteiger partial charge in [0.15, 0.2) is 0 Å². The lowest BCUT2D eigenvalue weighted by atomic mass is 10.2. The van der Waals surface area contributed by atoms with Gasteiger partial charge in [-0.25, -0.2) is 0 Å². The molecule has 3 aromatic rings. The van der Waals surface area contributed by atoms with E-state index in [9.17, 15) is 5.26 Å². The quantitative estimate of drug-likeness (QED) is 0.718. The third-order valence-electron chi connectivity index (χ3n) is 3.08. The lowest BCUT2D eigenvalue weighted by Gasteiger charge is -2.15. The highest BCUT2D eigenvalue weighted by atomic mass is 15.2. The van der Waals surface area contributed by atoms with E-state index in [0.29, 0.717) is 5.56 Å². The number of benzene rings is 1. The highest BCUT2D eigenvalue weighted by Crippen LogP contribution is 2.30. The number of H-pyrrole nitrogens is 2. The Kier molecular flexibility index (Phi) is 2.31. The summed E-state index contributed by atoms with van der Waals surface area (Å²) < 4.78 is 0. The highest BCUT2D eigenvalue weighted by Gasteiger charge is 2.15. The van der Waals surface area contributed by atoms with Crippen LogP contribution in [0.15, 0.2) is 42.6 Å². The van der Waals surface area contributed by atoms with Gasteiger partial charge in [-0.3, -0.25) is 0 Å². The Labute approximate surface area is 104 Å². The molecule has 2 heterocycles. The summed E-state index contributed by atoms with van der Waals surface area (Å²) in [4.78, 5) is 8.36. The van der Waals surface area contributed by atoms with Gasteiger partial charge in [0.05, 0.1) is 0 Å². The highest BCUT2D eigenvalue weighted by molar-refractivity contribution is 5.92. The molecule has 1 aromatic carbocycles. The largest absolute Gasteiger partial charge is 0.348 e. The predicted octanol–water partition coefficient (Wildman–Crippen LogP) is 3.14. The zero-order valence-corrected chi connectivity index (χ0v) is 9.94. The number of para-hydroxylation sites is 1. The molecule has 0 aliphatic rings. The van der Waals surface area contributed by atoms with E-state index in [1.54, 1.807) is 0 Å². The van der Waals surface area contributed by atoms with Gasteiger partial charge < -0.3 is 14.9 Å². The van der Waals surface area contributed by atoms with E-state index in [2.05, 4.69) is 16.0 Å². The third kappa shape index (κ3) is 1.45. The van der Waals surface area contributed by atoms with Gasteiger partial charge in [0.2, 0.25) is 0 Å². The fourth-order valence-corrected chi connectivity index (χ4v) is 2.14. The molecule has 0 unspecified atom stereocenters. The normalized spacial score (nSPS) is 10.4. The number of nitrogens with one attached hydrogen (secondary N) is 2. The van der Waals surface area contributed by atoms with Crippen LogP contribution in [0, 0.1) is 11.3 Å². The summed E-state index contributed by atoms with van der Waals surface area (Å²) in [7, 11) is 1.93. The Morgan fingerprint density at radius 2 is 2.00 bits per heavy atom. The molecular weight excluding hydrogens is 224 g/mol. The van der Waals surface area contributed by atoms with E-state index in [4.69, 9.17) is 0 Å². The molecule has 0 saturated carbocycles. The van der Waals surface area contributed by atoms with Gasteiger partial charge in [0.1, 0.15) is 23.3 Å². The minimum Gasteiger partial charge on any atom is -0.348 e. The zero-order valence-electron chi connectivity index (χ0n) is 9.94. The Morgan fingerprint density at radius 1 is 1.17 bits per heavy atom. The SMILES string of the molecule is CN(c1ccc[nH]1)c1[nH]c2ccccc2c1C#N. The monoisotopic (exact) mass is 236 g/mol. The molecule has 4 heteroatoms. The maximum Gasteiger partial charge on any atom is 0.130 e. The molecule has 0 radical (unpaired) electrons. The Balaban J connectivity index is 2.21. The molecule has 0 amide bonds. The van der Waals surface area contributed by atoms with Crippen LogP contribution < -0.4 is 4.90 Å². The third-order valence-corrected chi connectivity index (χ3v) is 3.08. The van der Waals surface area contributed by atoms with E-state index in [0.717, 1.165) is 22.5 Å². The molecule has 0 aliphatic heterocycles. The second kappa shape index (κ2) is 3.97. The second-order valence-electron chi connectivity index (χ2n) is 4.12. The lowest BCUT2D eigenvalue weighted by Crippen LogP contribution is -2.11. The topological polar surface area (TPSA) is 58.6 Å². The van der Waals surface area contributed by atoms with E-state index >= 15 is 0 Å². The molecular formula is C14H12N4. The van der Waals surface area contributed by atoms with Gasteiger partial charge in [-0.2, -0.15) is 5.26 Å². The minimum atomic E-state index is 0.669. The molecule has 0 aliphatic carbocycles. The molecule has 0 fully saturated rings. The molecule has 3 rings (SSSR count). The van der Waals surface area contributed by atoms with Crippen LogP contribution in [0.5, 0.6) is 0 Å². The van der Waals surface area contributed by atoms with Crippen molar-refractivity contribution in [1.82, 2.24) is 9.97 Å². The molecule has 0 bridgehead atoms. The molecule has 2 aromatic heterocycles. The van der Waals surface area contributed by atoms with Crippen LogP contribution in [-0.4, -0.2) is 17.0 Å². The maximum absolute atomic E-state index is 9.34. The summed E-state index contributed by atoms with van der Waals surface area (Å²) in [5, 5.41) is 10.3.